The Bertz CT molecular complexity index is 1360. The Morgan fingerprint density at radius 2 is 1.38 bits per heavy atom. The fourth-order valence-corrected chi connectivity index (χ4v) is 5.45. The van der Waals surface area contributed by atoms with E-state index in [1.807, 2.05) is 91.0 Å². The predicted octanol–water partition coefficient (Wildman–Crippen LogP) is 7.09. The standard InChI is InChI=1S/C30H24ClN3O2S/c31-23-16-18-25(19-17-23)33-30-34(28(21-10-4-1-5-11-21)22-12-6-2-7-13-22)27(35)20-26(37-30)29(36)32-24-14-8-3-9-15-24/h1-19,26,28H,20H2,(H,32,36)/t26-/m1/s1. The van der Waals surface area contributed by atoms with Gasteiger partial charge in [0.2, 0.25) is 11.8 Å². The van der Waals surface area contributed by atoms with Crippen molar-refractivity contribution in [2.24, 2.45) is 4.99 Å². The Kier molecular flexibility index (Phi) is 7.68. The molecule has 5 rings (SSSR count). The minimum Gasteiger partial charge on any atom is -0.325 e. The molecule has 1 saturated heterocycles. The molecule has 2 amide bonds. The summed E-state index contributed by atoms with van der Waals surface area (Å²) in [6.07, 6.45) is 0.0547. The lowest BCUT2D eigenvalue weighted by Crippen LogP contribution is -2.47. The molecule has 1 atom stereocenters. The quantitative estimate of drug-likeness (QED) is 0.292. The van der Waals surface area contributed by atoms with Gasteiger partial charge in [0, 0.05) is 17.1 Å². The van der Waals surface area contributed by atoms with Crippen molar-refractivity contribution >= 4 is 51.7 Å². The van der Waals surface area contributed by atoms with Crippen LogP contribution in [0.25, 0.3) is 0 Å². The van der Waals surface area contributed by atoms with Crippen molar-refractivity contribution in [2.75, 3.05) is 5.32 Å². The average Bonchev–Trinajstić information content (AvgIpc) is 2.93. The second-order valence-electron chi connectivity index (χ2n) is 8.52. The van der Waals surface area contributed by atoms with Gasteiger partial charge in [-0.15, -0.1) is 0 Å². The lowest BCUT2D eigenvalue weighted by atomic mass is 9.97. The van der Waals surface area contributed by atoms with Crippen LogP contribution in [-0.4, -0.2) is 27.1 Å². The van der Waals surface area contributed by atoms with Crippen LogP contribution >= 0.6 is 23.4 Å². The molecule has 0 aromatic heterocycles. The number of amidine groups is 1. The van der Waals surface area contributed by atoms with Crippen molar-refractivity contribution in [3.63, 3.8) is 0 Å². The Hall–Kier alpha value is -3.87. The third kappa shape index (κ3) is 5.93. The topological polar surface area (TPSA) is 61.8 Å². The summed E-state index contributed by atoms with van der Waals surface area (Å²) >= 11 is 7.38. The van der Waals surface area contributed by atoms with Gasteiger partial charge >= 0.3 is 0 Å². The van der Waals surface area contributed by atoms with Gasteiger partial charge in [-0.3, -0.25) is 14.5 Å². The number of hydrogen-bond acceptors (Lipinski definition) is 4. The first-order valence-corrected chi connectivity index (χ1v) is 13.1. The van der Waals surface area contributed by atoms with E-state index in [-0.39, 0.29) is 18.2 Å². The summed E-state index contributed by atoms with van der Waals surface area (Å²) in [5.74, 6) is -0.402. The van der Waals surface area contributed by atoms with Crippen LogP contribution in [0.2, 0.25) is 5.02 Å². The highest BCUT2D eigenvalue weighted by Crippen LogP contribution is 2.38. The molecule has 1 aliphatic rings. The highest BCUT2D eigenvalue weighted by atomic mass is 35.5. The fraction of sp³-hybridized carbons (Fsp3) is 0.100. The zero-order valence-corrected chi connectivity index (χ0v) is 21.4. The first kappa shape index (κ1) is 24.8. The fourth-order valence-electron chi connectivity index (χ4n) is 4.20. The second kappa shape index (κ2) is 11.5. The van der Waals surface area contributed by atoms with Crippen LogP contribution < -0.4 is 5.32 Å². The average molecular weight is 526 g/mol. The summed E-state index contributed by atoms with van der Waals surface area (Å²) in [6, 6.07) is 35.7. The smallest absolute Gasteiger partial charge is 0.238 e. The number of amides is 2. The zero-order valence-electron chi connectivity index (χ0n) is 19.8. The van der Waals surface area contributed by atoms with Gasteiger partial charge in [-0.05, 0) is 47.5 Å². The summed E-state index contributed by atoms with van der Waals surface area (Å²) in [7, 11) is 0. The number of nitrogens with one attached hydrogen (secondary N) is 1. The zero-order chi connectivity index (χ0) is 25.6. The van der Waals surface area contributed by atoms with Crippen LogP contribution in [0.3, 0.4) is 0 Å². The molecule has 1 heterocycles. The molecule has 37 heavy (non-hydrogen) atoms. The molecule has 0 spiro atoms. The summed E-state index contributed by atoms with van der Waals surface area (Å²) in [5.41, 5.74) is 3.25. The lowest BCUT2D eigenvalue weighted by Gasteiger charge is -2.38. The molecule has 4 aromatic rings. The number of halogens is 1. The molecule has 5 nitrogen and oxygen atoms in total. The third-order valence-corrected chi connectivity index (χ3v) is 7.37. The van der Waals surface area contributed by atoms with E-state index >= 15 is 0 Å². The molecule has 0 aliphatic carbocycles. The molecule has 0 bridgehead atoms. The molecule has 4 aromatic carbocycles. The summed E-state index contributed by atoms with van der Waals surface area (Å²) in [5, 5.41) is 3.37. The van der Waals surface area contributed by atoms with Crippen LogP contribution in [0.5, 0.6) is 0 Å². The number of hydrogen-bond donors (Lipinski definition) is 1. The van der Waals surface area contributed by atoms with E-state index in [9.17, 15) is 9.59 Å². The number of nitrogens with zero attached hydrogens (tertiary/aromatic N) is 2. The highest BCUT2D eigenvalue weighted by molar-refractivity contribution is 8.15. The minimum absolute atomic E-state index is 0.0547. The highest BCUT2D eigenvalue weighted by Gasteiger charge is 2.40. The van der Waals surface area contributed by atoms with E-state index in [2.05, 4.69) is 5.32 Å². The summed E-state index contributed by atoms with van der Waals surface area (Å²) in [6.45, 7) is 0. The molecule has 1 aliphatic heterocycles. The molecule has 7 heteroatoms. The molecule has 0 radical (unpaired) electrons. The van der Waals surface area contributed by atoms with Crippen LogP contribution in [0, 0.1) is 0 Å². The maximum absolute atomic E-state index is 13.8. The Morgan fingerprint density at radius 1 is 0.838 bits per heavy atom. The maximum atomic E-state index is 13.8. The lowest BCUT2D eigenvalue weighted by molar-refractivity contribution is -0.130. The Labute approximate surface area is 225 Å². The van der Waals surface area contributed by atoms with E-state index in [0.717, 1.165) is 11.1 Å². The molecule has 0 unspecified atom stereocenters. The Morgan fingerprint density at radius 3 is 1.95 bits per heavy atom. The number of carbonyl (C=O) groups is 2. The van der Waals surface area contributed by atoms with Crippen molar-refractivity contribution in [1.82, 2.24) is 4.90 Å². The normalized spacial score (nSPS) is 16.7. The number of benzene rings is 4. The van der Waals surface area contributed by atoms with Crippen LogP contribution in [0.1, 0.15) is 23.6 Å². The molecule has 184 valence electrons. The SMILES string of the molecule is O=C(Nc1ccccc1)[C@H]1CC(=O)N(C(c2ccccc2)c2ccccc2)C(=Nc2ccc(Cl)cc2)S1. The van der Waals surface area contributed by atoms with Gasteiger partial charge in [0.25, 0.3) is 0 Å². The van der Waals surface area contributed by atoms with Gasteiger partial charge in [0.05, 0.1) is 11.7 Å². The summed E-state index contributed by atoms with van der Waals surface area (Å²) in [4.78, 5) is 33.6. The number of aliphatic imine (C=N–C) groups is 1. The van der Waals surface area contributed by atoms with Crippen molar-refractivity contribution < 1.29 is 9.59 Å². The molecular formula is C30H24ClN3O2S. The van der Waals surface area contributed by atoms with Crippen molar-refractivity contribution in [1.29, 1.82) is 0 Å². The van der Waals surface area contributed by atoms with Crippen LogP contribution in [-0.2, 0) is 9.59 Å². The van der Waals surface area contributed by atoms with Gasteiger partial charge in [-0.2, -0.15) is 0 Å². The van der Waals surface area contributed by atoms with Crippen molar-refractivity contribution in [3.05, 3.63) is 131 Å². The van der Waals surface area contributed by atoms with E-state index < -0.39 is 11.3 Å². The minimum atomic E-state index is -0.623. The van der Waals surface area contributed by atoms with E-state index in [1.165, 1.54) is 11.8 Å². The largest absolute Gasteiger partial charge is 0.325 e. The number of anilines is 1. The van der Waals surface area contributed by atoms with Gasteiger partial charge in [0.1, 0.15) is 5.25 Å². The molecule has 0 saturated carbocycles. The number of rotatable bonds is 6. The number of para-hydroxylation sites is 1. The summed E-state index contributed by atoms with van der Waals surface area (Å²) < 4.78 is 0. The van der Waals surface area contributed by atoms with Crippen molar-refractivity contribution in [3.8, 4) is 0 Å². The molecular weight excluding hydrogens is 502 g/mol. The maximum Gasteiger partial charge on any atom is 0.238 e. The van der Waals surface area contributed by atoms with Crippen molar-refractivity contribution in [2.45, 2.75) is 17.7 Å². The third-order valence-electron chi connectivity index (χ3n) is 5.96. The monoisotopic (exact) mass is 525 g/mol. The second-order valence-corrected chi connectivity index (χ2v) is 10.1. The number of thioether (sulfide) groups is 1. The van der Waals surface area contributed by atoms with Crippen LogP contribution in [0.15, 0.2) is 120 Å². The predicted molar refractivity (Wildman–Crippen MR) is 151 cm³/mol. The van der Waals surface area contributed by atoms with Gasteiger partial charge in [-0.25, -0.2) is 4.99 Å². The van der Waals surface area contributed by atoms with Crippen LogP contribution in [0.4, 0.5) is 11.4 Å². The Balaban J connectivity index is 1.55. The first-order chi connectivity index (χ1) is 18.1. The van der Waals surface area contributed by atoms with E-state index in [4.69, 9.17) is 16.6 Å². The molecule has 1 fully saturated rings. The van der Waals surface area contributed by atoms with E-state index in [0.29, 0.717) is 21.6 Å². The van der Waals surface area contributed by atoms with E-state index in [1.54, 1.807) is 29.2 Å². The number of carbonyl (C=O) groups excluding carboxylic acids is 2. The van der Waals surface area contributed by atoms with Gasteiger partial charge in [0.15, 0.2) is 5.17 Å². The van der Waals surface area contributed by atoms with Gasteiger partial charge < -0.3 is 5.32 Å². The van der Waals surface area contributed by atoms with Gasteiger partial charge in [-0.1, -0.05) is 102 Å². The molecule has 1 N–H and O–H groups in total. The first-order valence-electron chi connectivity index (χ1n) is 11.9.